The van der Waals surface area contributed by atoms with Gasteiger partial charge in [0, 0.05) is 12.5 Å². The fourth-order valence-electron chi connectivity index (χ4n) is 2.80. The summed E-state index contributed by atoms with van der Waals surface area (Å²) in [6, 6.07) is 0.668. The van der Waals surface area contributed by atoms with Gasteiger partial charge in [0.15, 0.2) is 0 Å². The van der Waals surface area contributed by atoms with Crippen molar-refractivity contribution < 1.29 is 0 Å². The molecule has 1 saturated carbocycles. The SMILES string of the molecule is CCCC1C2NC(=N)CC(C)C12.Cl. The molecular formula is C10H19ClN2. The number of nitrogens with one attached hydrogen (secondary N) is 2. The van der Waals surface area contributed by atoms with Crippen molar-refractivity contribution in [3.8, 4) is 0 Å². The minimum atomic E-state index is 0. The molecule has 2 N–H and O–H groups in total. The molecule has 0 bridgehead atoms. The van der Waals surface area contributed by atoms with Gasteiger partial charge in [0.25, 0.3) is 0 Å². The molecule has 0 spiro atoms. The average Bonchev–Trinajstić information content (AvgIpc) is 2.63. The second kappa shape index (κ2) is 3.87. The first-order valence-electron chi connectivity index (χ1n) is 5.08. The van der Waals surface area contributed by atoms with Crippen LogP contribution in [0.3, 0.4) is 0 Å². The number of halogens is 1. The Bertz CT molecular complexity index is 205. The van der Waals surface area contributed by atoms with Gasteiger partial charge in [-0.1, -0.05) is 20.3 Å². The Labute approximate surface area is 86.4 Å². The molecule has 13 heavy (non-hydrogen) atoms. The van der Waals surface area contributed by atoms with Crippen molar-refractivity contribution in [3.63, 3.8) is 0 Å². The normalized spacial score (nSPS) is 41.5. The maximum atomic E-state index is 7.59. The molecule has 1 saturated heterocycles. The zero-order valence-electron chi connectivity index (χ0n) is 8.34. The van der Waals surface area contributed by atoms with Crippen molar-refractivity contribution >= 4 is 18.2 Å². The topological polar surface area (TPSA) is 35.9 Å². The number of fused-ring (bicyclic) bond motifs is 1. The molecule has 1 aliphatic heterocycles. The Balaban J connectivity index is 0.000000845. The van der Waals surface area contributed by atoms with Crippen LogP contribution < -0.4 is 5.32 Å². The third-order valence-corrected chi connectivity index (χ3v) is 3.38. The molecule has 1 aliphatic carbocycles. The lowest BCUT2D eigenvalue weighted by Crippen LogP contribution is -2.33. The molecule has 2 rings (SSSR count). The maximum Gasteiger partial charge on any atom is 0.0936 e. The monoisotopic (exact) mass is 202 g/mol. The van der Waals surface area contributed by atoms with Gasteiger partial charge in [-0.2, -0.15) is 0 Å². The van der Waals surface area contributed by atoms with Gasteiger partial charge in [0.1, 0.15) is 0 Å². The van der Waals surface area contributed by atoms with E-state index in [2.05, 4.69) is 19.2 Å². The van der Waals surface area contributed by atoms with Crippen LogP contribution in [-0.4, -0.2) is 11.9 Å². The van der Waals surface area contributed by atoms with Crippen LogP contribution in [0.2, 0.25) is 0 Å². The Hall–Kier alpha value is -0.240. The summed E-state index contributed by atoms with van der Waals surface area (Å²) in [5.74, 6) is 3.29. The maximum absolute atomic E-state index is 7.59. The fraction of sp³-hybridized carbons (Fsp3) is 0.900. The van der Waals surface area contributed by atoms with Crippen LogP contribution in [-0.2, 0) is 0 Å². The van der Waals surface area contributed by atoms with Crippen LogP contribution >= 0.6 is 12.4 Å². The summed E-state index contributed by atoms with van der Waals surface area (Å²) in [5, 5.41) is 10.9. The predicted octanol–water partition coefficient (Wildman–Crippen LogP) is 2.43. The molecule has 0 aromatic carbocycles. The Morgan fingerprint density at radius 1 is 1.54 bits per heavy atom. The molecule has 0 aromatic rings. The van der Waals surface area contributed by atoms with Gasteiger partial charge >= 0.3 is 0 Å². The standard InChI is InChI=1S/C10H18N2.ClH/c1-3-4-7-9-6(2)5-8(11)12-10(7)9;/h6-7,9-10H,3-5H2,1-2H3,(H2,11,12);1H. The van der Waals surface area contributed by atoms with E-state index in [-0.39, 0.29) is 12.4 Å². The molecule has 76 valence electrons. The first kappa shape index (κ1) is 10.8. The first-order chi connectivity index (χ1) is 5.74. The predicted molar refractivity (Wildman–Crippen MR) is 57.6 cm³/mol. The molecule has 0 aromatic heterocycles. The summed E-state index contributed by atoms with van der Waals surface area (Å²) < 4.78 is 0. The van der Waals surface area contributed by atoms with E-state index in [0.29, 0.717) is 6.04 Å². The smallest absolute Gasteiger partial charge is 0.0936 e. The van der Waals surface area contributed by atoms with E-state index in [1.807, 2.05) is 0 Å². The van der Waals surface area contributed by atoms with Crippen LogP contribution in [0.15, 0.2) is 0 Å². The Kier molecular flexibility index (Phi) is 3.23. The second-order valence-electron chi connectivity index (χ2n) is 4.36. The van der Waals surface area contributed by atoms with Crippen molar-refractivity contribution in [1.82, 2.24) is 5.32 Å². The molecule has 0 amide bonds. The van der Waals surface area contributed by atoms with E-state index in [9.17, 15) is 0 Å². The van der Waals surface area contributed by atoms with Crippen molar-refractivity contribution in [1.29, 1.82) is 5.41 Å². The minimum absolute atomic E-state index is 0. The van der Waals surface area contributed by atoms with E-state index in [1.165, 1.54) is 12.8 Å². The molecule has 4 atom stereocenters. The highest BCUT2D eigenvalue weighted by Gasteiger charge is 2.54. The van der Waals surface area contributed by atoms with E-state index >= 15 is 0 Å². The van der Waals surface area contributed by atoms with Crippen LogP contribution in [0.25, 0.3) is 0 Å². The Morgan fingerprint density at radius 2 is 2.23 bits per heavy atom. The summed E-state index contributed by atoms with van der Waals surface area (Å²) >= 11 is 0. The van der Waals surface area contributed by atoms with E-state index in [4.69, 9.17) is 5.41 Å². The highest BCUT2D eigenvalue weighted by molar-refractivity contribution is 5.85. The molecular weight excluding hydrogens is 184 g/mol. The van der Waals surface area contributed by atoms with Crippen LogP contribution in [0.1, 0.15) is 33.1 Å². The molecule has 3 heteroatoms. The van der Waals surface area contributed by atoms with Gasteiger partial charge in [0.05, 0.1) is 5.84 Å². The summed E-state index contributed by atoms with van der Waals surface area (Å²) in [6.07, 6.45) is 3.61. The number of hydrogen-bond donors (Lipinski definition) is 2. The average molecular weight is 203 g/mol. The third-order valence-electron chi connectivity index (χ3n) is 3.38. The van der Waals surface area contributed by atoms with Crippen molar-refractivity contribution in [2.75, 3.05) is 0 Å². The Morgan fingerprint density at radius 3 is 2.85 bits per heavy atom. The number of rotatable bonds is 2. The molecule has 4 unspecified atom stereocenters. The summed E-state index contributed by atoms with van der Waals surface area (Å²) in [7, 11) is 0. The molecule has 1 heterocycles. The van der Waals surface area contributed by atoms with Gasteiger partial charge in [-0.15, -0.1) is 12.4 Å². The lowest BCUT2D eigenvalue weighted by atomic mass is 9.97. The highest BCUT2D eigenvalue weighted by Crippen LogP contribution is 2.50. The van der Waals surface area contributed by atoms with Gasteiger partial charge in [0.2, 0.25) is 0 Å². The summed E-state index contributed by atoms with van der Waals surface area (Å²) in [4.78, 5) is 0. The van der Waals surface area contributed by atoms with Crippen LogP contribution in [0.5, 0.6) is 0 Å². The highest BCUT2D eigenvalue weighted by atomic mass is 35.5. The number of amidine groups is 1. The van der Waals surface area contributed by atoms with E-state index in [1.54, 1.807) is 0 Å². The van der Waals surface area contributed by atoms with Gasteiger partial charge in [-0.3, -0.25) is 5.41 Å². The molecule has 2 fully saturated rings. The summed E-state index contributed by atoms with van der Waals surface area (Å²) in [5.41, 5.74) is 0. The van der Waals surface area contributed by atoms with Crippen molar-refractivity contribution in [3.05, 3.63) is 0 Å². The largest absolute Gasteiger partial charge is 0.371 e. The van der Waals surface area contributed by atoms with E-state index < -0.39 is 0 Å². The number of piperidine rings is 1. The van der Waals surface area contributed by atoms with Crippen molar-refractivity contribution in [2.24, 2.45) is 17.8 Å². The van der Waals surface area contributed by atoms with Gasteiger partial charge in [-0.05, 0) is 24.2 Å². The zero-order valence-corrected chi connectivity index (χ0v) is 9.16. The fourth-order valence-corrected chi connectivity index (χ4v) is 2.80. The molecule has 2 aliphatic rings. The molecule has 2 nitrogen and oxygen atoms in total. The van der Waals surface area contributed by atoms with E-state index in [0.717, 1.165) is 30.0 Å². The van der Waals surface area contributed by atoms with Crippen LogP contribution in [0.4, 0.5) is 0 Å². The lowest BCUT2D eigenvalue weighted by Gasteiger charge is -2.18. The molecule has 0 radical (unpaired) electrons. The van der Waals surface area contributed by atoms with Gasteiger partial charge < -0.3 is 5.32 Å². The lowest BCUT2D eigenvalue weighted by molar-refractivity contribution is 0.452. The third kappa shape index (κ3) is 1.83. The quantitative estimate of drug-likeness (QED) is 0.709. The first-order valence-corrected chi connectivity index (χ1v) is 5.08. The van der Waals surface area contributed by atoms with Crippen LogP contribution in [0, 0.1) is 23.2 Å². The summed E-state index contributed by atoms with van der Waals surface area (Å²) in [6.45, 7) is 4.54. The second-order valence-corrected chi connectivity index (χ2v) is 4.36. The zero-order chi connectivity index (χ0) is 8.72. The minimum Gasteiger partial charge on any atom is -0.371 e. The van der Waals surface area contributed by atoms with Gasteiger partial charge in [-0.25, -0.2) is 0 Å². The van der Waals surface area contributed by atoms with Crippen molar-refractivity contribution in [2.45, 2.75) is 39.2 Å². The number of hydrogen-bond acceptors (Lipinski definition) is 1.